The number of likely N-dealkylation sites (tertiary alicyclic amines) is 1. The fraction of sp³-hybridized carbons (Fsp3) is 1.00. The zero-order chi connectivity index (χ0) is 9.84. The molecule has 78 valence electrons. The van der Waals surface area contributed by atoms with Gasteiger partial charge in [0.15, 0.2) is 0 Å². The molecule has 0 saturated carbocycles. The molecular formula is C11H24N2. The van der Waals surface area contributed by atoms with Crippen LogP contribution in [0.25, 0.3) is 0 Å². The van der Waals surface area contributed by atoms with Crippen LogP contribution in [0.1, 0.15) is 33.6 Å². The van der Waals surface area contributed by atoms with Crippen LogP contribution >= 0.6 is 0 Å². The molecule has 0 bridgehead atoms. The average molecular weight is 184 g/mol. The standard InChI is InChI=1S/C11H24N2/c1-9-4-5-13(11(3)6-9)8-10(2)7-12/h9-11H,4-8,12H2,1-3H3. The van der Waals surface area contributed by atoms with E-state index in [2.05, 4.69) is 25.7 Å². The summed E-state index contributed by atoms with van der Waals surface area (Å²) in [6.07, 6.45) is 2.72. The minimum atomic E-state index is 0.649. The van der Waals surface area contributed by atoms with Crippen molar-refractivity contribution < 1.29 is 0 Å². The van der Waals surface area contributed by atoms with E-state index in [1.807, 2.05) is 0 Å². The minimum absolute atomic E-state index is 0.649. The summed E-state index contributed by atoms with van der Waals surface area (Å²) in [5.74, 6) is 1.57. The predicted molar refractivity (Wildman–Crippen MR) is 57.7 cm³/mol. The molecule has 0 aliphatic carbocycles. The molecule has 1 fully saturated rings. The third-order valence-electron chi connectivity index (χ3n) is 3.22. The van der Waals surface area contributed by atoms with Gasteiger partial charge in [0.2, 0.25) is 0 Å². The molecule has 2 heteroatoms. The summed E-state index contributed by atoms with van der Waals surface area (Å²) in [5, 5.41) is 0. The molecule has 0 aromatic heterocycles. The van der Waals surface area contributed by atoms with Gasteiger partial charge < -0.3 is 10.6 Å². The number of hydrogen-bond acceptors (Lipinski definition) is 2. The van der Waals surface area contributed by atoms with Crippen LogP contribution in [0.15, 0.2) is 0 Å². The van der Waals surface area contributed by atoms with Crippen LogP contribution in [0.3, 0.4) is 0 Å². The highest BCUT2D eigenvalue weighted by Crippen LogP contribution is 2.22. The van der Waals surface area contributed by atoms with E-state index in [0.717, 1.165) is 18.5 Å². The first-order valence-corrected chi connectivity index (χ1v) is 5.57. The Hall–Kier alpha value is -0.0800. The highest BCUT2D eigenvalue weighted by Gasteiger charge is 2.23. The van der Waals surface area contributed by atoms with Crippen molar-refractivity contribution in [3.05, 3.63) is 0 Å². The quantitative estimate of drug-likeness (QED) is 0.723. The Balaban J connectivity index is 2.33. The molecule has 0 radical (unpaired) electrons. The summed E-state index contributed by atoms with van der Waals surface area (Å²) in [5.41, 5.74) is 5.64. The van der Waals surface area contributed by atoms with Crippen molar-refractivity contribution in [3.63, 3.8) is 0 Å². The second kappa shape index (κ2) is 4.97. The lowest BCUT2D eigenvalue weighted by atomic mass is 9.92. The van der Waals surface area contributed by atoms with E-state index in [1.165, 1.54) is 25.9 Å². The van der Waals surface area contributed by atoms with Crippen LogP contribution in [-0.4, -0.2) is 30.6 Å². The predicted octanol–water partition coefficient (Wildman–Crippen LogP) is 1.70. The van der Waals surface area contributed by atoms with Crippen LogP contribution in [0, 0.1) is 11.8 Å². The molecule has 2 nitrogen and oxygen atoms in total. The number of hydrogen-bond donors (Lipinski definition) is 1. The molecule has 2 N–H and O–H groups in total. The lowest BCUT2D eigenvalue weighted by Crippen LogP contribution is -2.43. The zero-order valence-corrected chi connectivity index (χ0v) is 9.29. The van der Waals surface area contributed by atoms with E-state index < -0.39 is 0 Å². The van der Waals surface area contributed by atoms with Gasteiger partial charge in [0, 0.05) is 12.6 Å². The van der Waals surface area contributed by atoms with Gasteiger partial charge in [-0.15, -0.1) is 0 Å². The van der Waals surface area contributed by atoms with Crippen molar-refractivity contribution in [1.82, 2.24) is 4.90 Å². The Morgan fingerprint density at radius 2 is 2.15 bits per heavy atom. The Morgan fingerprint density at radius 3 is 2.69 bits per heavy atom. The molecule has 1 aliphatic heterocycles. The van der Waals surface area contributed by atoms with E-state index in [4.69, 9.17) is 5.73 Å². The van der Waals surface area contributed by atoms with Gasteiger partial charge in [-0.3, -0.25) is 0 Å². The summed E-state index contributed by atoms with van der Waals surface area (Å²) >= 11 is 0. The second-order valence-corrected chi connectivity index (χ2v) is 4.81. The van der Waals surface area contributed by atoms with Crippen molar-refractivity contribution >= 4 is 0 Å². The lowest BCUT2D eigenvalue weighted by Gasteiger charge is -2.37. The molecule has 3 atom stereocenters. The first-order valence-electron chi connectivity index (χ1n) is 5.57. The zero-order valence-electron chi connectivity index (χ0n) is 9.29. The Morgan fingerprint density at radius 1 is 1.46 bits per heavy atom. The molecule has 1 heterocycles. The van der Waals surface area contributed by atoms with Crippen molar-refractivity contribution in [1.29, 1.82) is 0 Å². The maximum atomic E-state index is 5.64. The second-order valence-electron chi connectivity index (χ2n) is 4.81. The van der Waals surface area contributed by atoms with Crippen molar-refractivity contribution in [3.8, 4) is 0 Å². The van der Waals surface area contributed by atoms with E-state index in [1.54, 1.807) is 0 Å². The number of nitrogens with two attached hydrogens (primary N) is 1. The van der Waals surface area contributed by atoms with Crippen LogP contribution < -0.4 is 5.73 Å². The van der Waals surface area contributed by atoms with E-state index >= 15 is 0 Å². The summed E-state index contributed by atoms with van der Waals surface area (Å²) in [4.78, 5) is 2.59. The Labute approximate surface area is 82.5 Å². The highest BCUT2D eigenvalue weighted by molar-refractivity contribution is 4.78. The summed E-state index contributed by atoms with van der Waals surface area (Å²) < 4.78 is 0. The molecule has 0 aromatic rings. The van der Waals surface area contributed by atoms with Crippen molar-refractivity contribution in [2.75, 3.05) is 19.6 Å². The maximum Gasteiger partial charge on any atom is 0.00695 e. The van der Waals surface area contributed by atoms with E-state index in [0.29, 0.717) is 5.92 Å². The fourth-order valence-corrected chi connectivity index (χ4v) is 2.20. The third-order valence-corrected chi connectivity index (χ3v) is 3.22. The van der Waals surface area contributed by atoms with Gasteiger partial charge in [-0.1, -0.05) is 13.8 Å². The number of piperidine rings is 1. The molecule has 1 aliphatic rings. The SMILES string of the molecule is CC1CCN(CC(C)CN)C(C)C1. The molecule has 0 amide bonds. The fourth-order valence-electron chi connectivity index (χ4n) is 2.20. The lowest BCUT2D eigenvalue weighted by molar-refractivity contribution is 0.114. The highest BCUT2D eigenvalue weighted by atomic mass is 15.2. The van der Waals surface area contributed by atoms with E-state index in [-0.39, 0.29) is 0 Å². The summed E-state index contributed by atoms with van der Waals surface area (Å²) in [6.45, 7) is 10.2. The molecule has 3 unspecified atom stereocenters. The smallest absolute Gasteiger partial charge is 0.00695 e. The Bertz CT molecular complexity index is 147. The molecular weight excluding hydrogens is 160 g/mol. The van der Waals surface area contributed by atoms with Gasteiger partial charge in [0.1, 0.15) is 0 Å². The number of rotatable bonds is 3. The largest absolute Gasteiger partial charge is 0.330 e. The first kappa shape index (κ1) is 11.0. The minimum Gasteiger partial charge on any atom is -0.330 e. The van der Waals surface area contributed by atoms with Gasteiger partial charge >= 0.3 is 0 Å². The summed E-state index contributed by atoms with van der Waals surface area (Å²) in [6, 6.07) is 0.762. The molecule has 1 rings (SSSR count). The monoisotopic (exact) mass is 184 g/mol. The van der Waals surface area contributed by atoms with Gasteiger partial charge in [0.25, 0.3) is 0 Å². The third kappa shape index (κ3) is 3.28. The van der Waals surface area contributed by atoms with Crippen LogP contribution in [0.2, 0.25) is 0 Å². The van der Waals surface area contributed by atoms with Gasteiger partial charge in [0.05, 0.1) is 0 Å². The topological polar surface area (TPSA) is 29.3 Å². The van der Waals surface area contributed by atoms with Crippen LogP contribution in [0.5, 0.6) is 0 Å². The van der Waals surface area contributed by atoms with Crippen LogP contribution in [0.4, 0.5) is 0 Å². The van der Waals surface area contributed by atoms with Gasteiger partial charge in [-0.2, -0.15) is 0 Å². The molecule has 0 aromatic carbocycles. The first-order chi connectivity index (χ1) is 6.13. The van der Waals surface area contributed by atoms with Crippen LogP contribution in [-0.2, 0) is 0 Å². The Kier molecular flexibility index (Phi) is 4.20. The van der Waals surface area contributed by atoms with Crippen molar-refractivity contribution in [2.45, 2.75) is 39.7 Å². The van der Waals surface area contributed by atoms with Gasteiger partial charge in [-0.05, 0) is 44.7 Å². The normalized spacial score (nSPS) is 33.2. The van der Waals surface area contributed by atoms with E-state index in [9.17, 15) is 0 Å². The number of nitrogens with zero attached hydrogens (tertiary/aromatic N) is 1. The van der Waals surface area contributed by atoms with Gasteiger partial charge in [-0.25, -0.2) is 0 Å². The maximum absolute atomic E-state index is 5.64. The molecule has 0 spiro atoms. The molecule has 1 saturated heterocycles. The average Bonchev–Trinajstić information content (AvgIpc) is 2.09. The van der Waals surface area contributed by atoms with Crippen molar-refractivity contribution in [2.24, 2.45) is 17.6 Å². The molecule has 13 heavy (non-hydrogen) atoms. The summed E-state index contributed by atoms with van der Waals surface area (Å²) in [7, 11) is 0.